The van der Waals surface area contributed by atoms with Gasteiger partial charge in [-0.2, -0.15) is 0 Å². The van der Waals surface area contributed by atoms with E-state index in [1.54, 1.807) is 37.4 Å². The Kier molecular flexibility index (Phi) is 5.54. The van der Waals surface area contributed by atoms with Crippen molar-refractivity contribution in [3.05, 3.63) is 82.0 Å². The van der Waals surface area contributed by atoms with Gasteiger partial charge in [0.15, 0.2) is 17.3 Å². The molecule has 0 aliphatic carbocycles. The van der Waals surface area contributed by atoms with Gasteiger partial charge in [-0.05, 0) is 35.9 Å². The van der Waals surface area contributed by atoms with Gasteiger partial charge in [0.05, 0.1) is 26.7 Å². The van der Waals surface area contributed by atoms with E-state index in [0.29, 0.717) is 34.8 Å². The Bertz CT molecular complexity index is 1290. The molecular formula is C25H22O6. The second-order valence-corrected chi connectivity index (χ2v) is 7.00. The van der Waals surface area contributed by atoms with Crippen molar-refractivity contribution >= 4 is 11.0 Å². The molecule has 4 aromatic rings. The molecule has 0 amide bonds. The summed E-state index contributed by atoms with van der Waals surface area (Å²) >= 11 is 0. The molecule has 0 spiro atoms. The molecule has 0 unspecified atom stereocenters. The SMILES string of the molecule is COc1cc2c(=O)c(O)c(-c3ccc(OC)c(OC)c3)oc2cc1Cc1ccccc1. The highest BCUT2D eigenvalue weighted by molar-refractivity contribution is 5.84. The highest BCUT2D eigenvalue weighted by atomic mass is 16.5. The molecule has 4 rings (SSSR count). The van der Waals surface area contributed by atoms with Crippen LogP contribution in [0.4, 0.5) is 0 Å². The van der Waals surface area contributed by atoms with Crippen molar-refractivity contribution in [3.8, 4) is 34.3 Å². The van der Waals surface area contributed by atoms with Crippen molar-refractivity contribution in [3.63, 3.8) is 0 Å². The van der Waals surface area contributed by atoms with Gasteiger partial charge in [0.1, 0.15) is 11.3 Å². The van der Waals surface area contributed by atoms with Crippen molar-refractivity contribution in [2.45, 2.75) is 6.42 Å². The van der Waals surface area contributed by atoms with Crippen LogP contribution in [0, 0.1) is 0 Å². The Morgan fingerprint density at radius 2 is 1.55 bits per heavy atom. The summed E-state index contributed by atoms with van der Waals surface area (Å²) in [5, 5.41) is 10.8. The van der Waals surface area contributed by atoms with Crippen molar-refractivity contribution in [1.29, 1.82) is 0 Å². The maximum Gasteiger partial charge on any atom is 0.235 e. The standard InChI is InChI=1S/C25H22O6/c1-28-19-10-9-16(12-22(19)30-3)25-24(27)23(26)18-14-20(29-2)17(13-21(18)31-25)11-15-7-5-4-6-8-15/h4-10,12-14,27H,11H2,1-3H3. The first-order valence-corrected chi connectivity index (χ1v) is 9.68. The molecule has 0 aliphatic rings. The van der Waals surface area contributed by atoms with Gasteiger partial charge in [0.2, 0.25) is 11.2 Å². The summed E-state index contributed by atoms with van der Waals surface area (Å²) in [6.45, 7) is 0. The number of fused-ring (bicyclic) bond motifs is 1. The molecule has 6 nitrogen and oxygen atoms in total. The van der Waals surface area contributed by atoms with E-state index < -0.39 is 11.2 Å². The molecular weight excluding hydrogens is 396 g/mol. The Morgan fingerprint density at radius 3 is 2.23 bits per heavy atom. The molecule has 0 bridgehead atoms. The Morgan fingerprint density at radius 1 is 0.839 bits per heavy atom. The van der Waals surface area contributed by atoms with E-state index in [0.717, 1.165) is 11.1 Å². The quantitative estimate of drug-likeness (QED) is 0.485. The van der Waals surface area contributed by atoms with E-state index in [-0.39, 0.29) is 11.1 Å². The number of aromatic hydroxyl groups is 1. The monoisotopic (exact) mass is 418 g/mol. The third-order valence-corrected chi connectivity index (χ3v) is 5.15. The molecule has 1 N–H and O–H groups in total. The van der Waals surface area contributed by atoms with Crippen LogP contribution >= 0.6 is 0 Å². The normalized spacial score (nSPS) is 10.8. The molecule has 1 heterocycles. The third kappa shape index (κ3) is 3.80. The van der Waals surface area contributed by atoms with E-state index >= 15 is 0 Å². The van der Waals surface area contributed by atoms with Crippen LogP contribution in [-0.4, -0.2) is 26.4 Å². The maximum atomic E-state index is 12.9. The fourth-order valence-electron chi connectivity index (χ4n) is 3.57. The highest BCUT2D eigenvalue weighted by Gasteiger charge is 2.19. The van der Waals surface area contributed by atoms with Crippen molar-refractivity contribution in [2.24, 2.45) is 0 Å². The smallest absolute Gasteiger partial charge is 0.235 e. The van der Waals surface area contributed by atoms with E-state index in [1.165, 1.54) is 14.2 Å². The van der Waals surface area contributed by atoms with E-state index in [4.69, 9.17) is 18.6 Å². The first-order chi connectivity index (χ1) is 15.0. The molecule has 1 aromatic heterocycles. The molecule has 31 heavy (non-hydrogen) atoms. The fraction of sp³-hybridized carbons (Fsp3) is 0.160. The zero-order chi connectivity index (χ0) is 22.0. The summed E-state index contributed by atoms with van der Waals surface area (Å²) in [5.41, 5.74) is 2.29. The number of benzene rings is 3. The van der Waals surface area contributed by atoms with Crippen LogP contribution < -0.4 is 19.6 Å². The van der Waals surface area contributed by atoms with Gasteiger partial charge in [0.25, 0.3) is 0 Å². The average Bonchev–Trinajstić information content (AvgIpc) is 2.81. The maximum absolute atomic E-state index is 12.9. The Hall–Kier alpha value is -3.93. The molecule has 0 saturated heterocycles. The molecule has 0 aliphatic heterocycles. The second kappa shape index (κ2) is 8.44. The number of ether oxygens (including phenoxy) is 3. The summed E-state index contributed by atoms with van der Waals surface area (Å²) in [5.74, 6) is 1.14. The summed E-state index contributed by atoms with van der Waals surface area (Å²) in [6, 6.07) is 18.4. The lowest BCUT2D eigenvalue weighted by Gasteiger charge is -2.13. The van der Waals surface area contributed by atoms with Gasteiger partial charge in [-0.15, -0.1) is 0 Å². The molecule has 0 radical (unpaired) electrons. The molecule has 0 fully saturated rings. The van der Waals surface area contributed by atoms with Crippen LogP contribution in [0.25, 0.3) is 22.3 Å². The van der Waals surface area contributed by atoms with Gasteiger partial charge >= 0.3 is 0 Å². The summed E-state index contributed by atoms with van der Waals surface area (Å²) in [6.07, 6.45) is 0.607. The topological polar surface area (TPSA) is 78.1 Å². The lowest BCUT2D eigenvalue weighted by molar-refractivity contribution is 0.355. The van der Waals surface area contributed by atoms with Gasteiger partial charge in [0, 0.05) is 17.5 Å². The van der Waals surface area contributed by atoms with E-state index in [1.807, 2.05) is 30.3 Å². The van der Waals surface area contributed by atoms with Gasteiger partial charge in [-0.1, -0.05) is 30.3 Å². The highest BCUT2D eigenvalue weighted by Crippen LogP contribution is 2.37. The Labute approximate surface area is 179 Å². The molecule has 6 heteroatoms. The van der Waals surface area contributed by atoms with Crippen molar-refractivity contribution < 1.29 is 23.7 Å². The van der Waals surface area contributed by atoms with Crippen molar-refractivity contribution in [1.82, 2.24) is 0 Å². The lowest BCUT2D eigenvalue weighted by Crippen LogP contribution is -2.04. The number of hydrogen-bond acceptors (Lipinski definition) is 6. The third-order valence-electron chi connectivity index (χ3n) is 5.15. The minimum atomic E-state index is -0.532. The average molecular weight is 418 g/mol. The van der Waals surface area contributed by atoms with E-state index in [9.17, 15) is 9.90 Å². The predicted octanol–water partition coefficient (Wildman–Crippen LogP) is 4.78. The minimum Gasteiger partial charge on any atom is -0.502 e. The summed E-state index contributed by atoms with van der Waals surface area (Å²) in [7, 11) is 4.60. The lowest BCUT2D eigenvalue weighted by atomic mass is 10.0. The van der Waals surface area contributed by atoms with E-state index in [2.05, 4.69) is 0 Å². The largest absolute Gasteiger partial charge is 0.502 e. The van der Waals surface area contributed by atoms with Crippen LogP contribution in [0.5, 0.6) is 23.0 Å². The van der Waals surface area contributed by atoms with Crippen LogP contribution in [0.1, 0.15) is 11.1 Å². The first kappa shape index (κ1) is 20.3. The number of hydrogen-bond donors (Lipinski definition) is 1. The number of rotatable bonds is 6. The van der Waals surface area contributed by atoms with Gasteiger partial charge in [-0.25, -0.2) is 0 Å². The zero-order valence-corrected chi connectivity index (χ0v) is 17.5. The van der Waals surface area contributed by atoms with Crippen molar-refractivity contribution in [2.75, 3.05) is 21.3 Å². The summed E-state index contributed by atoms with van der Waals surface area (Å²) < 4.78 is 22.1. The molecule has 3 aromatic carbocycles. The molecule has 0 saturated carbocycles. The van der Waals surface area contributed by atoms with Crippen LogP contribution in [0.3, 0.4) is 0 Å². The van der Waals surface area contributed by atoms with Crippen LogP contribution in [0.2, 0.25) is 0 Å². The fourth-order valence-corrected chi connectivity index (χ4v) is 3.57. The van der Waals surface area contributed by atoms with Gasteiger partial charge < -0.3 is 23.7 Å². The molecule has 158 valence electrons. The predicted molar refractivity (Wildman–Crippen MR) is 118 cm³/mol. The minimum absolute atomic E-state index is 0.0641. The van der Waals surface area contributed by atoms with Gasteiger partial charge in [-0.3, -0.25) is 4.79 Å². The Balaban J connectivity index is 1.89. The molecule has 0 atom stereocenters. The number of methoxy groups -OCH3 is 3. The first-order valence-electron chi connectivity index (χ1n) is 9.68. The summed E-state index contributed by atoms with van der Waals surface area (Å²) in [4.78, 5) is 12.9. The second-order valence-electron chi connectivity index (χ2n) is 7.00. The van der Waals surface area contributed by atoms with Crippen LogP contribution in [-0.2, 0) is 6.42 Å². The van der Waals surface area contributed by atoms with Crippen LogP contribution in [0.15, 0.2) is 69.9 Å². The zero-order valence-electron chi connectivity index (χ0n) is 17.5.